The van der Waals surface area contributed by atoms with Gasteiger partial charge in [-0.1, -0.05) is 12.8 Å². The van der Waals surface area contributed by atoms with Crippen molar-refractivity contribution in [2.24, 2.45) is 5.73 Å². The highest BCUT2D eigenvalue weighted by molar-refractivity contribution is 4.92. The van der Waals surface area contributed by atoms with Crippen molar-refractivity contribution in [3.63, 3.8) is 0 Å². The van der Waals surface area contributed by atoms with Crippen molar-refractivity contribution in [2.45, 2.75) is 56.2 Å². The third-order valence-corrected chi connectivity index (χ3v) is 3.43. The van der Waals surface area contributed by atoms with E-state index in [0.717, 1.165) is 32.2 Å². The normalized spacial score (nSPS) is 37.4. The molecule has 0 heterocycles. The van der Waals surface area contributed by atoms with Gasteiger partial charge in [-0.15, -0.1) is 0 Å². The number of nitrogens with one attached hydrogen (secondary N) is 1. The average Bonchev–Trinajstić information content (AvgIpc) is 2.45. The van der Waals surface area contributed by atoms with Crippen LogP contribution >= 0.6 is 0 Å². The maximum atomic E-state index is 10.0. The summed E-state index contributed by atoms with van der Waals surface area (Å²) in [6.07, 6.45) is 6.47. The summed E-state index contributed by atoms with van der Waals surface area (Å²) in [6, 6.07) is 0.968. The second-order valence-electron chi connectivity index (χ2n) is 4.74. The molecule has 0 unspecified atom stereocenters. The first-order chi connectivity index (χ1) is 6.18. The van der Waals surface area contributed by atoms with Crippen LogP contribution in [-0.4, -0.2) is 29.3 Å². The van der Waals surface area contributed by atoms with Crippen molar-refractivity contribution in [2.75, 3.05) is 6.54 Å². The molecule has 3 heteroatoms. The average molecular weight is 184 g/mol. The monoisotopic (exact) mass is 184 g/mol. The van der Waals surface area contributed by atoms with Crippen molar-refractivity contribution in [1.82, 2.24) is 5.32 Å². The smallest absolute Gasteiger partial charge is 0.0771 e. The lowest BCUT2D eigenvalue weighted by molar-refractivity contribution is 0.0407. The zero-order valence-corrected chi connectivity index (χ0v) is 8.13. The van der Waals surface area contributed by atoms with Crippen molar-refractivity contribution in [3.8, 4) is 0 Å². The van der Waals surface area contributed by atoms with Crippen LogP contribution < -0.4 is 11.1 Å². The van der Waals surface area contributed by atoms with Crippen LogP contribution in [0.25, 0.3) is 0 Å². The van der Waals surface area contributed by atoms with E-state index in [0.29, 0.717) is 12.1 Å². The molecule has 2 saturated carbocycles. The molecule has 2 fully saturated rings. The Balaban J connectivity index is 1.67. The minimum atomic E-state index is -0.403. The number of hydrogen-bond acceptors (Lipinski definition) is 3. The molecular formula is C10H20N2O. The second kappa shape index (κ2) is 3.56. The third-order valence-electron chi connectivity index (χ3n) is 3.43. The Hall–Kier alpha value is -0.120. The molecule has 2 rings (SSSR count). The van der Waals surface area contributed by atoms with E-state index < -0.39 is 5.60 Å². The molecular weight excluding hydrogens is 164 g/mol. The van der Waals surface area contributed by atoms with Crippen molar-refractivity contribution < 1.29 is 5.11 Å². The Labute approximate surface area is 79.7 Å². The molecule has 0 amide bonds. The highest BCUT2D eigenvalue weighted by Crippen LogP contribution is 2.29. The van der Waals surface area contributed by atoms with E-state index in [9.17, 15) is 5.11 Å². The van der Waals surface area contributed by atoms with Crippen molar-refractivity contribution in [1.29, 1.82) is 0 Å². The van der Waals surface area contributed by atoms with E-state index >= 15 is 0 Å². The molecule has 0 saturated heterocycles. The SMILES string of the molecule is NC1CC(NCC2(O)CCCC2)C1. The molecule has 2 aliphatic rings. The summed E-state index contributed by atoms with van der Waals surface area (Å²) >= 11 is 0. The Morgan fingerprint density at radius 2 is 1.92 bits per heavy atom. The zero-order valence-electron chi connectivity index (χ0n) is 8.13. The Bertz CT molecular complexity index is 172. The van der Waals surface area contributed by atoms with Crippen LogP contribution in [0.2, 0.25) is 0 Å². The standard InChI is InChI=1S/C10H20N2O/c11-8-5-9(6-8)12-7-10(13)3-1-2-4-10/h8-9,12-13H,1-7,11H2. The third kappa shape index (κ3) is 2.22. The van der Waals surface area contributed by atoms with Crippen LogP contribution in [0.15, 0.2) is 0 Å². The van der Waals surface area contributed by atoms with E-state index in [2.05, 4.69) is 5.32 Å². The van der Waals surface area contributed by atoms with Gasteiger partial charge in [0.15, 0.2) is 0 Å². The largest absolute Gasteiger partial charge is 0.389 e. The van der Waals surface area contributed by atoms with Gasteiger partial charge in [0, 0.05) is 18.6 Å². The lowest BCUT2D eigenvalue weighted by atomic mass is 9.87. The maximum Gasteiger partial charge on any atom is 0.0771 e. The van der Waals surface area contributed by atoms with Crippen LogP contribution in [0.4, 0.5) is 0 Å². The molecule has 0 radical (unpaired) electrons. The molecule has 0 atom stereocenters. The molecule has 13 heavy (non-hydrogen) atoms. The zero-order chi connectivity index (χ0) is 9.31. The molecule has 0 spiro atoms. The molecule has 0 aliphatic heterocycles. The minimum Gasteiger partial charge on any atom is -0.389 e. The summed E-state index contributed by atoms with van der Waals surface area (Å²) in [7, 11) is 0. The first kappa shape index (κ1) is 9.44. The Morgan fingerprint density at radius 1 is 1.31 bits per heavy atom. The Morgan fingerprint density at radius 3 is 2.46 bits per heavy atom. The van der Waals surface area contributed by atoms with Gasteiger partial charge in [0.05, 0.1) is 5.60 Å². The molecule has 76 valence electrons. The van der Waals surface area contributed by atoms with E-state index in [1.165, 1.54) is 12.8 Å². The molecule has 3 nitrogen and oxygen atoms in total. The van der Waals surface area contributed by atoms with Gasteiger partial charge >= 0.3 is 0 Å². The summed E-state index contributed by atoms with van der Waals surface area (Å²) in [4.78, 5) is 0. The number of aliphatic hydroxyl groups is 1. The Kier molecular flexibility index (Phi) is 2.58. The fourth-order valence-corrected chi connectivity index (χ4v) is 2.37. The summed E-state index contributed by atoms with van der Waals surface area (Å²) in [5.74, 6) is 0. The fraction of sp³-hybridized carbons (Fsp3) is 1.00. The lowest BCUT2D eigenvalue weighted by Gasteiger charge is -2.35. The van der Waals surface area contributed by atoms with Crippen molar-refractivity contribution in [3.05, 3.63) is 0 Å². The highest BCUT2D eigenvalue weighted by Gasteiger charge is 2.33. The van der Waals surface area contributed by atoms with E-state index in [4.69, 9.17) is 5.73 Å². The number of rotatable bonds is 3. The maximum absolute atomic E-state index is 10.0. The fourth-order valence-electron chi connectivity index (χ4n) is 2.37. The van der Waals surface area contributed by atoms with Crippen LogP contribution in [0, 0.1) is 0 Å². The number of hydrogen-bond donors (Lipinski definition) is 3. The van der Waals surface area contributed by atoms with Crippen LogP contribution in [-0.2, 0) is 0 Å². The topological polar surface area (TPSA) is 58.3 Å². The van der Waals surface area contributed by atoms with E-state index in [1.54, 1.807) is 0 Å². The van der Waals surface area contributed by atoms with Gasteiger partial charge in [-0.05, 0) is 25.7 Å². The molecule has 0 aromatic heterocycles. The summed E-state index contributed by atoms with van der Waals surface area (Å²) in [6.45, 7) is 0.768. The predicted octanol–water partition coefficient (Wildman–Crippen LogP) is 0.371. The molecule has 2 aliphatic carbocycles. The van der Waals surface area contributed by atoms with Gasteiger partial charge < -0.3 is 16.2 Å². The minimum absolute atomic E-state index is 0.399. The second-order valence-corrected chi connectivity index (χ2v) is 4.74. The van der Waals surface area contributed by atoms with E-state index in [-0.39, 0.29) is 0 Å². The first-order valence-corrected chi connectivity index (χ1v) is 5.39. The summed E-state index contributed by atoms with van der Waals surface area (Å²) < 4.78 is 0. The van der Waals surface area contributed by atoms with Crippen LogP contribution in [0.3, 0.4) is 0 Å². The van der Waals surface area contributed by atoms with Gasteiger partial charge in [-0.3, -0.25) is 0 Å². The van der Waals surface area contributed by atoms with Crippen molar-refractivity contribution >= 4 is 0 Å². The van der Waals surface area contributed by atoms with Gasteiger partial charge in [-0.2, -0.15) is 0 Å². The predicted molar refractivity (Wildman–Crippen MR) is 52.4 cm³/mol. The molecule has 0 aromatic rings. The lowest BCUT2D eigenvalue weighted by Crippen LogP contribution is -2.52. The summed E-state index contributed by atoms with van der Waals surface area (Å²) in [5, 5.41) is 13.4. The van der Waals surface area contributed by atoms with E-state index in [1.807, 2.05) is 0 Å². The molecule has 4 N–H and O–H groups in total. The highest BCUT2D eigenvalue weighted by atomic mass is 16.3. The first-order valence-electron chi connectivity index (χ1n) is 5.39. The van der Waals surface area contributed by atoms with Crippen LogP contribution in [0.1, 0.15) is 38.5 Å². The summed E-state index contributed by atoms with van der Waals surface area (Å²) in [5.41, 5.74) is 5.28. The van der Waals surface area contributed by atoms with Gasteiger partial charge in [0.2, 0.25) is 0 Å². The molecule has 0 bridgehead atoms. The van der Waals surface area contributed by atoms with Crippen LogP contribution in [0.5, 0.6) is 0 Å². The van der Waals surface area contributed by atoms with Gasteiger partial charge in [0.25, 0.3) is 0 Å². The molecule has 0 aromatic carbocycles. The number of nitrogens with two attached hydrogens (primary N) is 1. The van der Waals surface area contributed by atoms with Gasteiger partial charge in [-0.25, -0.2) is 0 Å². The van der Waals surface area contributed by atoms with Gasteiger partial charge in [0.1, 0.15) is 0 Å². The quantitative estimate of drug-likeness (QED) is 0.594.